The first-order chi connectivity index (χ1) is 18.9. The monoisotopic (exact) mass is 599 g/mol. The lowest BCUT2D eigenvalue weighted by molar-refractivity contribution is -0.114. The maximum atomic E-state index is 13.3. The Kier molecular flexibility index (Phi) is 9.72. The number of rotatable bonds is 9. The third kappa shape index (κ3) is 8.43. The summed E-state index contributed by atoms with van der Waals surface area (Å²) >= 11 is 4.78. The van der Waals surface area contributed by atoms with Gasteiger partial charge in [-0.25, -0.2) is 0 Å². The quantitative estimate of drug-likeness (QED) is 0.144. The maximum Gasteiger partial charge on any atom is 0.272 e. The van der Waals surface area contributed by atoms with Crippen molar-refractivity contribution in [2.24, 2.45) is 0 Å². The fraction of sp³-hybridized carbons (Fsp3) is 0.0645. The topological polar surface area (TPSA) is 87.3 Å². The summed E-state index contributed by atoms with van der Waals surface area (Å²) in [5.41, 5.74) is 3.62. The summed E-state index contributed by atoms with van der Waals surface area (Å²) in [5, 5.41) is 8.50. The zero-order valence-corrected chi connectivity index (χ0v) is 23.5. The number of carbonyl (C=O) groups excluding carboxylic acids is 3. The number of amides is 3. The number of hydrogen-bond donors (Lipinski definition) is 3. The molecule has 3 N–H and O–H groups in total. The molecule has 0 unspecified atom stereocenters. The van der Waals surface area contributed by atoms with Crippen molar-refractivity contribution in [3.63, 3.8) is 0 Å². The molecule has 4 rings (SSSR count). The van der Waals surface area contributed by atoms with Gasteiger partial charge in [0.1, 0.15) is 5.70 Å². The van der Waals surface area contributed by atoms with E-state index in [1.165, 1.54) is 11.8 Å². The largest absolute Gasteiger partial charge is 0.324 e. The van der Waals surface area contributed by atoms with Crippen LogP contribution in [-0.2, 0) is 9.59 Å². The van der Waals surface area contributed by atoms with Gasteiger partial charge in [0, 0.05) is 20.6 Å². The van der Waals surface area contributed by atoms with Crippen LogP contribution in [0.25, 0.3) is 6.08 Å². The number of hydrogen-bond acceptors (Lipinski definition) is 4. The molecule has 196 valence electrons. The van der Waals surface area contributed by atoms with Crippen LogP contribution in [0.4, 0.5) is 11.4 Å². The van der Waals surface area contributed by atoms with E-state index in [2.05, 4.69) is 31.9 Å². The molecule has 0 atom stereocenters. The number of anilines is 2. The first-order valence-electron chi connectivity index (χ1n) is 12.1. The Balaban J connectivity index is 1.46. The number of carbonyl (C=O) groups is 3. The highest BCUT2D eigenvalue weighted by Gasteiger charge is 2.15. The lowest BCUT2D eigenvalue weighted by Gasteiger charge is -2.12. The molecular formula is C31H26BrN3O3S. The molecule has 0 saturated heterocycles. The first-order valence-corrected chi connectivity index (χ1v) is 13.9. The number of halogens is 1. The Bertz CT molecular complexity index is 1520. The minimum absolute atomic E-state index is 0.111. The number of para-hydroxylation sites is 1. The molecule has 0 bridgehead atoms. The molecular weight excluding hydrogens is 574 g/mol. The number of nitrogens with one attached hydrogen (secondary N) is 3. The molecule has 0 aliphatic heterocycles. The molecule has 3 amide bonds. The van der Waals surface area contributed by atoms with Gasteiger partial charge < -0.3 is 16.0 Å². The van der Waals surface area contributed by atoms with Crippen LogP contribution in [0.3, 0.4) is 0 Å². The number of thioether (sulfide) groups is 1. The maximum absolute atomic E-state index is 13.3. The molecule has 4 aromatic rings. The second-order valence-corrected chi connectivity index (χ2v) is 10.5. The third-order valence-corrected chi connectivity index (χ3v) is 7.18. The van der Waals surface area contributed by atoms with Crippen molar-refractivity contribution in [1.82, 2.24) is 5.32 Å². The van der Waals surface area contributed by atoms with Crippen molar-refractivity contribution in [1.29, 1.82) is 0 Å². The summed E-state index contributed by atoms with van der Waals surface area (Å²) in [5.74, 6) is -0.794. The Morgan fingerprint density at radius 1 is 0.821 bits per heavy atom. The van der Waals surface area contributed by atoms with Gasteiger partial charge >= 0.3 is 0 Å². The van der Waals surface area contributed by atoms with Gasteiger partial charge in [-0.3, -0.25) is 14.4 Å². The summed E-state index contributed by atoms with van der Waals surface area (Å²) in [6, 6.07) is 31.0. The van der Waals surface area contributed by atoms with Crippen LogP contribution in [0.5, 0.6) is 0 Å². The van der Waals surface area contributed by atoms with Crippen LogP contribution in [0, 0.1) is 6.92 Å². The minimum atomic E-state index is -0.463. The molecule has 6 nitrogen and oxygen atoms in total. The van der Waals surface area contributed by atoms with Crippen molar-refractivity contribution >= 4 is 62.9 Å². The fourth-order valence-electron chi connectivity index (χ4n) is 3.63. The lowest BCUT2D eigenvalue weighted by Crippen LogP contribution is -2.30. The zero-order chi connectivity index (χ0) is 27.6. The van der Waals surface area contributed by atoms with E-state index in [0.29, 0.717) is 16.9 Å². The Morgan fingerprint density at radius 2 is 1.56 bits per heavy atom. The molecule has 4 aromatic carbocycles. The SMILES string of the molecule is Cc1cccc(/C=C(/NC(=O)c2ccccc2)C(=O)Nc2cccc(SCC(=O)Nc3ccccc3Br)c2)c1. The van der Waals surface area contributed by atoms with Gasteiger partial charge in [0.15, 0.2) is 0 Å². The van der Waals surface area contributed by atoms with E-state index in [1.54, 1.807) is 48.5 Å². The number of benzene rings is 4. The average Bonchev–Trinajstić information content (AvgIpc) is 2.93. The van der Waals surface area contributed by atoms with Crippen molar-refractivity contribution in [2.75, 3.05) is 16.4 Å². The average molecular weight is 601 g/mol. The van der Waals surface area contributed by atoms with Crippen molar-refractivity contribution in [3.8, 4) is 0 Å². The predicted octanol–water partition coefficient (Wildman–Crippen LogP) is 6.90. The zero-order valence-electron chi connectivity index (χ0n) is 21.1. The predicted molar refractivity (Wildman–Crippen MR) is 162 cm³/mol. The fourth-order valence-corrected chi connectivity index (χ4v) is 4.77. The summed E-state index contributed by atoms with van der Waals surface area (Å²) in [4.78, 5) is 39.4. The molecule has 0 aliphatic carbocycles. The lowest BCUT2D eigenvalue weighted by atomic mass is 10.1. The van der Waals surface area contributed by atoms with E-state index in [-0.39, 0.29) is 23.3 Å². The molecule has 0 aliphatic rings. The van der Waals surface area contributed by atoms with Gasteiger partial charge in [-0.1, -0.05) is 66.2 Å². The summed E-state index contributed by atoms with van der Waals surface area (Å²) < 4.78 is 0.807. The van der Waals surface area contributed by atoms with Gasteiger partial charge in [-0.15, -0.1) is 11.8 Å². The van der Waals surface area contributed by atoms with Crippen LogP contribution < -0.4 is 16.0 Å². The summed E-state index contributed by atoms with van der Waals surface area (Å²) in [7, 11) is 0. The highest BCUT2D eigenvalue weighted by atomic mass is 79.9. The Labute approximate surface area is 240 Å². The Morgan fingerprint density at radius 3 is 2.33 bits per heavy atom. The third-order valence-electron chi connectivity index (χ3n) is 5.49. The van der Waals surface area contributed by atoms with Crippen LogP contribution in [-0.4, -0.2) is 23.5 Å². The molecule has 0 radical (unpaired) electrons. The summed E-state index contributed by atoms with van der Waals surface area (Å²) in [6.07, 6.45) is 1.65. The van der Waals surface area contributed by atoms with E-state index in [9.17, 15) is 14.4 Å². The molecule has 0 fully saturated rings. The second kappa shape index (κ2) is 13.6. The molecule has 0 saturated carbocycles. The van der Waals surface area contributed by atoms with Gasteiger partial charge in [0.05, 0.1) is 11.4 Å². The highest BCUT2D eigenvalue weighted by Crippen LogP contribution is 2.24. The van der Waals surface area contributed by atoms with E-state index in [4.69, 9.17) is 0 Å². The van der Waals surface area contributed by atoms with Crippen molar-refractivity contribution in [3.05, 3.63) is 130 Å². The van der Waals surface area contributed by atoms with Gasteiger partial charge in [0.25, 0.3) is 11.8 Å². The van der Waals surface area contributed by atoms with Crippen LogP contribution in [0.2, 0.25) is 0 Å². The van der Waals surface area contributed by atoms with E-state index in [0.717, 1.165) is 20.5 Å². The second-order valence-electron chi connectivity index (χ2n) is 8.59. The Hall–Kier alpha value is -4.14. The van der Waals surface area contributed by atoms with Crippen molar-refractivity contribution < 1.29 is 14.4 Å². The van der Waals surface area contributed by atoms with Crippen LogP contribution >= 0.6 is 27.7 Å². The normalized spacial score (nSPS) is 11.0. The molecule has 0 aromatic heterocycles. The van der Waals surface area contributed by atoms with Crippen LogP contribution in [0.1, 0.15) is 21.5 Å². The van der Waals surface area contributed by atoms with Gasteiger partial charge in [-0.2, -0.15) is 0 Å². The van der Waals surface area contributed by atoms with E-state index < -0.39 is 5.91 Å². The minimum Gasteiger partial charge on any atom is -0.324 e. The smallest absolute Gasteiger partial charge is 0.272 e. The van der Waals surface area contributed by atoms with E-state index in [1.807, 2.05) is 67.6 Å². The number of aryl methyl sites for hydroxylation is 1. The standard InChI is InChI=1S/C31H26BrN3O3S/c1-21-9-7-10-22(17-21)18-28(35-30(37)23-11-3-2-4-12-23)31(38)33-24-13-8-14-25(19-24)39-20-29(36)34-27-16-6-5-15-26(27)32/h2-19H,20H2,1H3,(H,33,38)(H,34,36)(H,35,37)/b28-18+. The molecule has 8 heteroatoms. The van der Waals surface area contributed by atoms with Gasteiger partial charge in [-0.05, 0) is 77.0 Å². The highest BCUT2D eigenvalue weighted by molar-refractivity contribution is 9.10. The molecule has 39 heavy (non-hydrogen) atoms. The molecule has 0 spiro atoms. The summed E-state index contributed by atoms with van der Waals surface area (Å²) in [6.45, 7) is 1.96. The first kappa shape index (κ1) is 27.9. The molecule has 0 heterocycles. The van der Waals surface area contributed by atoms with Crippen molar-refractivity contribution in [2.45, 2.75) is 11.8 Å². The van der Waals surface area contributed by atoms with Crippen LogP contribution in [0.15, 0.2) is 118 Å². The van der Waals surface area contributed by atoms with E-state index >= 15 is 0 Å². The van der Waals surface area contributed by atoms with Gasteiger partial charge in [0.2, 0.25) is 5.91 Å².